The van der Waals surface area contributed by atoms with Gasteiger partial charge in [0.2, 0.25) is 0 Å². The molecule has 0 aliphatic heterocycles. The maximum absolute atomic E-state index is 10.8. The number of hydrogen-bond acceptors (Lipinski definition) is 4. The first kappa shape index (κ1) is 9.39. The molecule has 0 radical (unpaired) electrons. The van der Waals surface area contributed by atoms with Gasteiger partial charge < -0.3 is 9.57 Å². The molecule has 0 aromatic carbocycles. The molecule has 0 aromatic rings. The van der Waals surface area contributed by atoms with E-state index >= 15 is 0 Å². The number of esters is 1. The van der Waals surface area contributed by atoms with Gasteiger partial charge in [0.25, 0.3) is 0 Å². The lowest BCUT2D eigenvalue weighted by molar-refractivity contribution is -0.148. The van der Waals surface area contributed by atoms with Crippen molar-refractivity contribution in [3.05, 3.63) is 0 Å². The van der Waals surface area contributed by atoms with Crippen LogP contribution in [0.15, 0.2) is 0 Å². The van der Waals surface area contributed by atoms with E-state index in [1.165, 1.54) is 7.11 Å². The third kappa shape index (κ3) is 3.42. The standard InChI is InChI=1S/C6H13NO3/c1-4-10-6(8)5(2)7-9-3/h5,7H,4H2,1-3H3. The molecule has 1 N–H and O–H groups in total. The van der Waals surface area contributed by atoms with Crippen LogP contribution >= 0.6 is 0 Å². The Hall–Kier alpha value is -0.610. The van der Waals surface area contributed by atoms with Crippen LogP contribution in [-0.4, -0.2) is 25.7 Å². The van der Waals surface area contributed by atoms with Crippen molar-refractivity contribution >= 4 is 5.97 Å². The number of nitrogens with one attached hydrogen (secondary N) is 1. The molecule has 0 spiro atoms. The Bertz CT molecular complexity index is 105. The summed E-state index contributed by atoms with van der Waals surface area (Å²) >= 11 is 0. The summed E-state index contributed by atoms with van der Waals surface area (Å²) in [5.74, 6) is -0.302. The van der Waals surface area contributed by atoms with Gasteiger partial charge in [-0.05, 0) is 13.8 Å². The molecule has 0 bridgehead atoms. The summed E-state index contributed by atoms with van der Waals surface area (Å²) in [4.78, 5) is 15.3. The van der Waals surface area contributed by atoms with Crippen LogP contribution in [0.25, 0.3) is 0 Å². The first-order valence-electron chi connectivity index (χ1n) is 3.17. The summed E-state index contributed by atoms with van der Waals surface area (Å²) < 4.78 is 4.67. The summed E-state index contributed by atoms with van der Waals surface area (Å²) in [6.07, 6.45) is 0. The predicted molar refractivity (Wildman–Crippen MR) is 36.2 cm³/mol. The van der Waals surface area contributed by atoms with Crippen LogP contribution in [0.5, 0.6) is 0 Å². The van der Waals surface area contributed by atoms with Crippen LogP contribution < -0.4 is 5.48 Å². The first-order valence-corrected chi connectivity index (χ1v) is 3.17. The SMILES string of the molecule is CCOC(=O)C(C)NOC. The molecule has 0 rings (SSSR count). The van der Waals surface area contributed by atoms with E-state index in [4.69, 9.17) is 0 Å². The summed E-state index contributed by atoms with van der Waals surface area (Å²) in [5, 5.41) is 0. The smallest absolute Gasteiger partial charge is 0.325 e. The molecule has 0 heterocycles. The fraction of sp³-hybridized carbons (Fsp3) is 0.833. The number of ether oxygens (including phenoxy) is 1. The fourth-order valence-corrected chi connectivity index (χ4v) is 0.492. The molecule has 1 unspecified atom stereocenters. The molecule has 1 atom stereocenters. The van der Waals surface area contributed by atoms with E-state index < -0.39 is 6.04 Å². The van der Waals surface area contributed by atoms with Gasteiger partial charge in [-0.2, -0.15) is 5.48 Å². The highest BCUT2D eigenvalue weighted by Crippen LogP contribution is 1.86. The van der Waals surface area contributed by atoms with Crippen molar-refractivity contribution in [2.45, 2.75) is 19.9 Å². The van der Waals surface area contributed by atoms with Gasteiger partial charge in [0.1, 0.15) is 6.04 Å². The van der Waals surface area contributed by atoms with E-state index in [1.54, 1.807) is 13.8 Å². The van der Waals surface area contributed by atoms with Gasteiger partial charge in [-0.1, -0.05) is 0 Å². The lowest BCUT2D eigenvalue weighted by Crippen LogP contribution is -2.34. The summed E-state index contributed by atoms with van der Waals surface area (Å²) in [5.41, 5.74) is 2.46. The second-order valence-electron chi connectivity index (χ2n) is 1.80. The van der Waals surface area contributed by atoms with Gasteiger partial charge in [0.05, 0.1) is 13.7 Å². The lowest BCUT2D eigenvalue weighted by Gasteiger charge is -2.09. The summed E-state index contributed by atoms with van der Waals surface area (Å²) in [7, 11) is 1.45. The van der Waals surface area contributed by atoms with Gasteiger partial charge in [0.15, 0.2) is 0 Å². The second kappa shape index (κ2) is 5.20. The van der Waals surface area contributed by atoms with Gasteiger partial charge >= 0.3 is 5.97 Å². The number of hydrogen-bond donors (Lipinski definition) is 1. The second-order valence-corrected chi connectivity index (χ2v) is 1.80. The molecule has 4 nitrogen and oxygen atoms in total. The van der Waals surface area contributed by atoms with Crippen LogP contribution in [0, 0.1) is 0 Å². The molecule has 10 heavy (non-hydrogen) atoms. The minimum Gasteiger partial charge on any atom is -0.465 e. The molecule has 4 heteroatoms. The molecule has 0 saturated heterocycles. The highest BCUT2D eigenvalue weighted by atomic mass is 16.6. The van der Waals surface area contributed by atoms with Crippen LogP contribution in [0.1, 0.15) is 13.8 Å². The van der Waals surface area contributed by atoms with Gasteiger partial charge in [0, 0.05) is 0 Å². The molecule has 0 saturated carbocycles. The molecule has 60 valence electrons. The zero-order valence-electron chi connectivity index (χ0n) is 6.51. The largest absolute Gasteiger partial charge is 0.465 e. The number of hydroxylamine groups is 1. The Balaban J connectivity index is 3.49. The van der Waals surface area contributed by atoms with Crippen LogP contribution in [0.2, 0.25) is 0 Å². The third-order valence-electron chi connectivity index (χ3n) is 0.935. The summed E-state index contributed by atoms with van der Waals surface area (Å²) in [6, 6.07) is -0.398. The number of rotatable bonds is 4. The van der Waals surface area contributed by atoms with Crippen molar-refractivity contribution in [2.24, 2.45) is 0 Å². The van der Waals surface area contributed by atoms with E-state index in [9.17, 15) is 4.79 Å². The van der Waals surface area contributed by atoms with Gasteiger partial charge in [-0.25, -0.2) is 0 Å². The summed E-state index contributed by atoms with van der Waals surface area (Å²) in [6.45, 7) is 3.83. The lowest BCUT2D eigenvalue weighted by atomic mass is 10.4. The van der Waals surface area contributed by atoms with Gasteiger partial charge in [-0.3, -0.25) is 4.79 Å². The molecule has 0 aliphatic carbocycles. The van der Waals surface area contributed by atoms with E-state index in [1.807, 2.05) is 0 Å². The highest BCUT2D eigenvalue weighted by Gasteiger charge is 2.11. The normalized spacial score (nSPS) is 12.7. The quantitative estimate of drug-likeness (QED) is 0.452. The molecule has 0 aromatic heterocycles. The fourth-order valence-electron chi connectivity index (χ4n) is 0.492. The molecule has 0 aliphatic rings. The highest BCUT2D eigenvalue weighted by molar-refractivity contribution is 5.74. The Labute approximate surface area is 60.5 Å². The average molecular weight is 147 g/mol. The van der Waals surface area contributed by atoms with E-state index in [0.29, 0.717) is 6.61 Å². The Kier molecular flexibility index (Phi) is 4.88. The number of carbonyl (C=O) groups is 1. The van der Waals surface area contributed by atoms with Crippen molar-refractivity contribution in [1.29, 1.82) is 0 Å². The minimum atomic E-state index is -0.398. The van der Waals surface area contributed by atoms with Crippen molar-refractivity contribution < 1.29 is 14.4 Å². The van der Waals surface area contributed by atoms with Gasteiger partial charge in [-0.15, -0.1) is 0 Å². The molecule has 0 fully saturated rings. The van der Waals surface area contributed by atoms with Crippen LogP contribution in [0.3, 0.4) is 0 Å². The zero-order valence-corrected chi connectivity index (χ0v) is 6.51. The number of carbonyl (C=O) groups excluding carboxylic acids is 1. The van der Waals surface area contributed by atoms with E-state index in [-0.39, 0.29) is 5.97 Å². The Morgan fingerprint density at radius 3 is 2.70 bits per heavy atom. The Morgan fingerprint density at radius 2 is 2.30 bits per heavy atom. The zero-order chi connectivity index (χ0) is 7.98. The van der Waals surface area contributed by atoms with Crippen LogP contribution in [0.4, 0.5) is 0 Å². The monoisotopic (exact) mass is 147 g/mol. The molecular formula is C6H13NO3. The van der Waals surface area contributed by atoms with E-state index in [0.717, 1.165) is 0 Å². The van der Waals surface area contributed by atoms with Crippen molar-refractivity contribution in [3.63, 3.8) is 0 Å². The predicted octanol–water partition coefficient (Wildman–Crippen LogP) is 0.0890. The van der Waals surface area contributed by atoms with Crippen molar-refractivity contribution in [2.75, 3.05) is 13.7 Å². The molecule has 0 amide bonds. The minimum absolute atomic E-state index is 0.302. The Morgan fingerprint density at radius 1 is 1.70 bits per heavy atom. The average Bonchev–Trinajstić information content (AvgIpc) is 1.89. The van der Waals surface area contributed by atoms with Crippen molar-refractivity contribution in [3.8, 4) is 0 Å². The molecular weight excluding hydrogens is 134 g/mol. The van der Waals surface area contributed by atoms with Crippen molar-refractivity contribution in [1.82, 2.24) is 5.48 Å². The van der Waals surface area contributed by atoms with Crippen LogP contribution in [-0.2, 0) is 14.4 Å². The maximum atomic E-state index is 10.8. The maximum Gasteiger partial charge on any atom is 0.325 e. The third-order valence-corrected chi connectivity index (χ3v) is 0.935. The first-order chi connectivity index (χ1) is 4.72. The van der Waals surface area contributed by atoms with E-state index in [2.05, 4.69) is 15.1 Å². The topological polar surface area (TPSA) is 47.6 Å².